The molecule has 1 saturated heterocycles. The Morgan fingerprint density at radius 1 is 1.44 bits per heavy atom. The quantitative estimate of drug-likeness (QED) is 0.821. The molecule has 1 amide bonds. The molecular formula is C17H22N4O3S. The van der Waals surface area contributed by atoms with Gasteiger partial charge in [0, 0.05) is 18.0 Å². The number of thiophene rings is 1. The number of nitrogens with one attached hydrogen (secondary N) is 1. The van der Waals surface area contributed by atoms with Crippen molar-refractivity contribution in [2.75, 3.05) is 31.6 Å². The average molecular weight is 362 g/mol. The molecule has 0 aliphatic carbocycles. The second-order valence-corrected chi connectivity index (χ2v) is 7.32. The van der Waals surface area contributed by atoms with Gasteiger partial charge in [0.2, 0.25) is 5.91 Å². The van der Waals surface area contributed by atoms with Crippen molar-refractivity contribution in [3.8, 4) is 0 Å². The van der Waals surface area contributed by atoms with Crippen molar-refractivity contribution in [2.24, 2.45) is 5.92 Å². The zero-order chi connectivity index (χ0) is 17.8. The molecule has 7 nitrogen and oxygen atoms in total. The fraction of sp³-hybridized carbons (Fsp3) is 0.529. The number of esters is 1. The first-order chi connectivity index (χ1) is 12.1. The monoisotopic (exact) mass is 362 g/mol. The van der Waals surface area contributed by atoms with E-state index in [-0.39, 0.29) is 24.3 Å². The number of aryl methyl sites for hydroxylation is 1. The van der Waals surface area contributed by atoms with Crippen molar-refractivity contribution in [3.63, 3.8) is 0 Å². The first-order valence-electron chi connectivity index (χ1n) is 8.48. The number of piperidine rings is 1. The molecule has 0 aromatic carbocycles. The predicted octanol–water partition coefficient (Wildman–Crippen LogP) is 2.21. The minimum atomic E-state index is -0.220. The molecule has 2 aromatic rings. The highest BCUT2D eigenvalue weighted by Gasteiger charge is 2.29. The maximum absolute atomic E-state index is 12.5. The Morgan fingerprint density at radius 2 is 2.28 bits per heavy atom. The number of fused-ring (bicyclic) bond motifs is 1. The summed E-state index contributed by atoms with van der Waals surface area (Å²) < 4.78 is 5.08. The Kier molecular flexibility index (Phi) is 5.47. The number of hydrogen-bond acceptors (Lipinski definition) is 7. The van der Waals surface area contributed by atoms with Crippen molar-refractivity contribution in [1.29, 1.82) is 0 Å². The second-order valence-electron chi connectivity index (χ2n) is 6.08. The summed E-state index contributed by atoms with van der Waals surface area (Å²) in [5.41, 5.74) is 0. The Labute approximate surface area is 150 Å². The van der Waals surface area contributed by atoms with E-state index in [0.29, 0.717) is 25.5 Å². The van der Waals surface area contributed by atoms with Crippen LogP contribution in [0.3, 0.4) is 0 Å². The van der Waals surface area contributed by atoms with E-state index in [0.717, 1.165) is 27.9 Å². The van der Waals surface area contributed by atoms with Crippen LogP contribution in [-0.4, -0.2) is 53.0 Å². The second kappa shape index (κ2) is 7.77. The molecule has 1 fully saturated rings. The summed E-state index contributed by atoms with van der Waals surface area (Å²) >= 11 is 1.60. The van der Waals surface area contributed by atoms with Crippen LogP contribution in [0.25, 0.3) is 10.2 Å². The summed E-state index contributed by atoms with van der Waals surface area (Å²) in [4.78, 5) is 36.7. The highest BCUT2D eigenvalue weighted by atomic mass is 32.1. The van der Waals surface area contributed by atoms with Crippen LogP contribution in [-0.2, 0) is 14.3 Å². The summed E-state index contributed by atoms with van der Waals surface area (Å²) in [5, 5.41) is 4.05. The summed E-state index contributed by atoms with van der Waals surface area (Å²) in [7, 11) is 0. The largest absolute Gasteiger partial charge is 0.466 e. The highest BCUT2D eigenvalue weighted by molar-refractivity contribution is 7.18. The van der Waals surface area contributed by atoms with Gasteiger partial charge < -0.3 is 15.0 Å². The van der Waals surface area contributed by atoms with Gasteiger partial charge in [0.15, 0.2) is 0 Å². The third-order valence-electron chi connectivity index (χ3n) is 4.25. The van der Waals surface area contributed by atoms with Gasteiger partial charge in [-0.3, -0.25) is 9.59 Å². The molecule has 2 aromatic heterocycles. The summed E-state index contributed by atoms with van der Waals surface area (Å²) in [6.45, 7) is 5.43. The van der Waals surface area contributed by atoms with Gasteiger partial charge in [0.1, 0.15) is 17.0 Å². The molecule has 1 aliphatic rings. The topological polar surface area (TPSA) is 84.4 Å². The molecule has 134 valence electrons. The SMILES string of the molecule is CCOC(=O)C1CCCN(C(=O)CNc2ncnc3sc(C)cc23)C1. The molecule has 0 saturated carbocycles. The molecule has 1 N–H and O–H groups in total. The zero-order valence-corrected chi connectivity index (χ0v) is 15.3. The van der Waals surface area contributed by atoms with E-state index in [1.54, 1.807) is 23.2 Å². The molecule has 3 rings (SSSR count). The van der Waals surface area contributed by atoms with Crippen LogP contribution in [0.15, 0.2) is 12.4 Å². The van der Waals surface area contributed by atoms with Crippen molar-refractivity contribution in [3.05, 3.63) is 17.3 Å². The van der Waals surface area contributed by atoms with Gasteiger partial charge in [-0.2, -0.15) is 0 Å². The number of carbonyl (C=O) groups is 2. The number of rotatable bonds is 5. The molecule has 0 radical (unpaired) electrons. The van der Waals surface area contributed by atoms with Crippen molar-refractivity contribution >= 4 is 39.2 Å². The number of ether oxygens (including phenoxy) is 1. The number of carbonyl (C=O) groups excluding carboxylic acids is 2. The minimum absolute atomic E-state index is 0.0345. The molecule has 1 atom stereocenters. The van der Waals surface area contributed by atoms with Gasteiger partial charge in [-0.05, 0) is 32.8 Å². The zero-order valence-electron chi connectivity index (χ0n) is 14.4. The van der Waals surface area contributed by atoms with Crippen molar-refractivity contribution in [2.45, 2.75) is 26.7 Å². The maximum Gasteiger partial charge on any atom is 0.310 e. The van der Waals surface area contributed by atoms with E-state index in [1.807, 2.05) is 13.0 Å². The Morgan fingerprint density at radius 3 is 3.08 bits per heavy atom. The van der Waals surface area contributed by atoms with Gasteiger partial charge in [0.05, 0.1) is 24.5 Å². The molecule has 1 unspecified atom stereocenters. The van der Waals surface area contributed by atoms with Gasteiger partial charge in [-0.15, -0.1) is 11.3 Å². The van der Waals surface area contributed by atoms with E-state index >= 15 is 0 Å². The molecular weight excluding hydrogens is 340 g/mol. The predicted molar refractivity (Wildman–Crippen MR) is 96.6 cm³/mol. The van der Waals surface area contributed by atoms with E-state index in [1.165, 1.54) is 6.33 Å². The number of hydrogen-bond donors (Lipinski definition) is 1. The minimum Gasteiger partial charge on any atom is -0.466 e. The number of nitrogens with zero attached hydrogens (tertiary/aromatic N) is 3. The third-order valence-corrected chi connectivity index (χ3v) is 5.21. The molecule has 0 spiro atoms. The number of likely N-dealkylation sites (tertiary alicyclic amines) is 1. The van der Waals surface area contributed by atoms with Gasteiger partial charge in [-0.1, -0.05) is 0 Å². The van der Waals surface area contributed by atoms with Gasteiger partial charge >= 0.3 is 5.97 Å². The van der Waals surface area contributed by atoms with Crippen LogP contribution in [0, 0.1) is 12.8 Å². The van der Waals surface area contributed by atoms with Crippen LogP contribution >= 0.6 is 11.3 Å². The molecule has 8 heteroatoms. The molecule has 1 aliphatic heterocycles. The van der Waals surface area contributed by atoms with Crippen LogP contribution < -0.4 is 5.32 Å². The van der Waals surface area contributed by atoms with Crippen LogP contribution in [0.4, 0.5) is 5.82 Å². The first kappa shape index (κ1) is 17.6. The van der Waals surface area contributed by atoms with Gasteiger partial charge in [-0.25, -0.2) is 9.97 Å². The van der Waals surface area contributed by atoms with Crippen molar-refractivity contribution < 1.29 is 14.3 Å². The molecule has 0 bridgehead atoms. The normalized spacial score (nSPS) is 17.5. The van der Waals surface area contributed by atoms with Crippen LogP contribution in [0.5, 0.6) is 0 Å². The van der Waals surface area contributed by atoms with Crippen molar-refractivity contribution in [1.82, 2.24) is 14.9 Å². The summed E-state index contributed by atoms with van der Waals surface area (Å²) in [5.74, 6) is 0.205. The lowest BCUT2D eigenvalue weighted by Gasteiger charge is -2.31. The summed E-state index contributed by atoms with van der Waals surface area (Å²) in [6.07, 6.45) is 3.09. The number of aromatic nitrogens is 2. The fourth-order valence-electron chi connectivity index (χ4n) is 3.04. The third kappa shape index (κ3) is 4.07. The standard InChI is InChI=1S/C17H22N4O3S/c1-3-24-17(23)12-5-4-6-21(9-12)14(22)8-18-15-13-7-11(2)25-16(13)20-10-19-15/h7,10,12H,3-6,8-9H2,1-2H3,(H,18,19,20). The Bertz CT molecular complexity index is 776. The van der Waals surface area contributed by atoms with E-state index in [9.17, 15) is 9.59 Å². The first-order valence-corrected chi connectivity index (χ1v) is 9.29. The number of amides is 1. The van der Waals surface area contributed by atoms with E-state index in [4.69, 9.17) is 4.74 Å². The highest BCUT2D eigenvalue weighted by Crippen LogP contribution is 2.27. The smallest absolute Gasteiger partial charge is 0.310 e. The van der Waals surface area contributed by atoms with E-state index in [2.05, 4.69) is 15.3 Å². The average Bonchev–Trinajstić information content (AvgIpc) is 3.00. The Balaban J connectivity index is 1.61. The Hall–Kier alpha value is -2.22. The summed E-state index contributed by atoms with van der Waals surface area (Å²) in [6, 6.07) is 2.02. The molecule has 25 heavy (non-hydrogen) atoms. The lowest BCUT2D eigenvalue weighted by Crippen LogP contribution is -2.45. The lowest BCUT2D eigenvalue weighted by atomic mass is 9.98. The fourth-order valence-corrected chi connectivity index (χ4v) is 3.89. The van der Waals surface area contributed by atoms with Crippen LogP contribution in [0.2, 0.25) is 0 Å². The molecule has 3 heterocycles. The number of anilines is 1. The lowest BCUT2D eigenvalue weighted by molar-refractivity contribution is -0.151. The van der Waals surface area contributed by atoms with Crippen LogP contribution in [0.1, 0.15) is 24.6 Å². The van der Waals surface area contributed by atoms with E-state index < -0.39 is 0 Å². The van der Waals surface area contributed by atoms with Gasteiger partial charge in [0.25, 0.3) is 0 Å². The maximum atomic E-state index is 12.5.